The van der Waals surface area contributed by atoms with Crippen LogP contribution in [-0.4, -0.2) is 42.6 Å². The van der Waals surface area contributed by atoms with Crippen molar-refractivity contribution >= 4 is 5.84 Å². The van der Waals surface area contributed by atoms with Crippen LogP contribution in [-0.2, 0) is 9.47 Å². The molecule has 2 unspecified atom stereocenters. The molecule has 2 fully saturated rings. The minimum Gasteiger partial charge on any atom is -0.489 e. The Balaban J connectivity index is 1.74. The molecule has 2 aliphatic rings. The van der Waals surface area contributed by atoms with Crippen LogP contribution in [0.1, 0.15) is 24.8 Å². The summed E-state index contributed by atoms with van der Waals surface area (Å²) >= 11 is 0. The summed E-state index contributed by atoms with van der Waals surface area (Å²) in [5.74, 6) is 0.685. The number of oxime groups is 1. The molecular weight excluding hydrogens is 272 g/mol. The molecule has 1 aromatic rings. The third-order valence-corrected chi connectivity index (χ3v) is 4.08. The fraction of sp³-hybridized carbons (Fsp3) is 0.533. The van der Waals surface area contributed by atoms with Crippen LogP contribution in [0.3, 0.4) is 0 Å². The maximum Gasteiger partial charge on any atom is 0.173 e. The van der Waals surface area contributed by atoms with Gasteiger partial charge in [0.1, 0.15) is 11.9 Å². The maximum atomic E-state index is 8.86. The molecule has 21 heavy (non-hydrogen) atoms. The van der Waals surface area contributed by atoms with E-state index >= 15 is 0 Å². The van der Waals surface area contributed by atoms with Crippen molar-refractivity contribution in [3.63, 3.8) is 0 Å². The minimum atomic E-state index is -0.200. The fourth-order valence-electron chi connectivity index (χ4n) is 2.96. The lowest BCUT2D eigenvalue weighted by atomic mass is 9.91. The van der Waals surface area contributed by atoms with Crippen molar-refractivity contribution < 1.29 is 19.4 Å². The number of rotatable bonds is 3. The Morgan fingerprint density at radius 2 is 2.24 bits per heavy atom. The largest absolute Gasteiger partial charge is 0.489 e. The lowest BCUT2D eigenvalue weighted by Gasteiger charge is -2.37. The van der Waals surface area contributed by atoms with E-state index in [0.717, 1.165) is 25.9 Å². The second-order valence-electron chi connectivity index (χ2n) is 5.55. The van der Waals surface area contributed by atoms with Gasteiger partial charge < -0.3 is 25.2 Å². The molecule has 2 saturated heterocycles. The van der Waals surface area contributed by atoms with Gasteiger partial charge in [-0.1, -0.05) is 17.3 Å². The summed E-state index contributed by atoms with van der Waals surface area (Å²) in [6.07, 6.45) is 2.59. The van der Waals surface area contributed by atoms with Gasteiger partial charge in [0.05, 0.1) is 24.4 Å². The van der Waals surface area contributed by atoms with Crippen LogP contribution in [0.25, 0.3) is 0 Å². The third kappa shape index (κ3) is 2.96. The van der Waals surface area contributed by atoms with Gasteiger partial charge in [0.25, 0.3) is 0 Å². The number of hydrogen-bond acceptors (Lipinski definition) is 5. The highest BCUT2D eigenvalue weighted by molar-refractivity contribution is 5.99. The van der Waals surface area contributed by atoms with E-state index in [1.165, 1.54) is 0 Å². The molecule has 6 heteroatoms. The molecule has 3 N–H and O–H groups in total. The van der Waals surface area contributed by atoms with E-state index in [2.05, 4.69) is 5.16 Å². The molecule has 2 atom stereocenters. The molecular formula is C15H20N2O4. The number of nitrogens with zero attached hydrogens (tertiary/aromatic N) is 1. The highest BCUT2D eigenvalue weighted by Gasteiger charge is 2.41. The fourth-order valence-corrected chi connectivity index (χ4v) is 2.96. The van der Waals surface area contributed by atoms with E-state index in [-0.39, 0.29) is 17.5 Å². The first-order chi connectivity index (χ1) is 10.2. The Hall–Kier alpha value is -1.79. The maximum absolute atomic E-state index is 8.86. The van der Waals surface area contributed by atoms with Gasteiger partial charge in [-0.05, 0) is 12.1 Å². The molecule has 0 amide bonds. The molecule has 0 saturated carbocycles. The van der Waals surface area contributed by atoms with Crippen LogP contribution in [0, 0.1) is 0 Å². The second-order valence-corrected chi connectivity index (χ2v) is 5.55. The smallest absolute Gasteiger partial charge is 0.173 e. The standard InChI is InChI=1S/C15H20N2O4/c16-14(17-18)12-3-1-2-4-13(12)21-11-5-7-20-15(9-11)6-8-19-10-15/h1-4,11,18H,5-10H2,(H2,16,17). The van der Waals surface area contributed by atoms with Crippen LogP contribution < -0.4 is 10.5 Å². The lowest BCUT2D eigenvalue weighted by Crippen LogP contribution is -2.44. The summed E-state index contributed by atoms with van der Waals surface area (Å²) in [6.45, 7) is 2.04. The number of benzene rings is 1. The molecule has 0 bridgehead atoms. The Morgan fingerprint density at radius 3 is 3.00 bits per heavy atom. The summed E-state index contributed by atoms with van der Waals surface area (Å²) < 4.78 is 17.5. The molecule has 3 rings (SSSR count). The van der Waals surface area contributed by atoms with Gasteiger partial charge >= 0.3 is 0 Å². The van der Waals surface area contributed by atoms with Crippen molar-refractivity contribution in [3.05, 3.63) is 29.8 Å². The SMILES string of the molecule is N/C(=N/O)c1ccccc1OC1CCOC2(CCOC2)C1. The Kier molecular flexibility index (Phi) is 3.98. The number of ether oxygens (including phenoxy) is 3. The van der Waals surface area contributed by atoms with Crippen LogP contribution in [0.5, 0.6) is 5.75 Å². The van der Waals surface area contributed by atoms with Gasteiger partial charge in [0.15, 0.2) is 5.84 Å². The summed E-state index contributed by atoms with van der Waals surface area (Å²) in [5, 5.41) is 11.9. The molecule has 114 valence electrons. The minimum absolute atomic E-state index is 0.0492. The first kappa shape index (κ1) is 14.2. The Bertz CT molecular complexity index is 526. The number of amidine groups is 1. The van der Waals surface area contributed by atoms with E-state index in [1.54, 1.807) is 6.07 Å². The van der Waals surface area contributed by atoms with Crippen LogP contribution in [0.4, 0.5) is 0 Å². The number of hydrogen-bond donors (Lipinski definition) is 2. The van der Waals surface area contributed by atoms with Crippen molar-refractivity contribution in [1.29, 1.82) is 0 Å². The molecule has 1 aromatic carbocycles. The first-order valence-corrected chi connectivity index (χ1v) is 7.18. The number of para-hydroxylation sites is 1. The monoisotopic (exact) mass is 292 g/mol. The second kappa shape index (κ2) is 5.91. The van der Waals surface area contributed by atoms with Crippen molar-refractivity contribution in [2.75, 3.05) is 19.8 Å². The highest BCUT2D eigenvalue weighted by Crippen LogP contribution is 2.35. The van der Waals surface area contributed by atoms with Gasteiger partial charge in [0.2, 0.25) is 0 Å². The molecule has 1 spiro atoms. The zero-order valence-corrected chi connectivity index (χ0v) is 11.8. The average molecular weight is 292 g/mol. The quantitative estimate of drug-likeness (QED) is 0.381. The van der Waals surface area contributed by atoms with E-state index in [0.29, 0.717) is 24.5 Å². The predicted molar refractivity (Wildman–Crippen MR) is 76.7 cm³/mol. The normalized spacial score (nSPS) is 29.7. The van der Waals surface area contributed by atoms with Gasteiger partial charge in [0, 0.05) is 25.9 Å². The van der Waals surface area contributed by atoms with Gasteiger partial charge in [-0.2, -0.15) is 0 Å². The molecule has 2 heterocycles. The van der Waals surface area contributed by atoms with Crippen LogP contribution >= 0.6 is 0 Å². The highest BCUT2D eigenvalue weighted by atomic mass is 16.6. The molecule has 0 aliphatic carbocycles. The summed E-state index contributed by atoms with van der Waals surface area (Å²) in [6, 6.07) is 7.31. The topological polar surface area (TPSA) is 86.3 Å². The molecule has 0 radical (unpaired) electrons. The van der Waals surface area contributed by atoms with E-state index in [9.17, 15) is 0 Å². The Labute approximate surface area is 123 Å². The first-order valence-electron chi connectivity index (χ1n) is 7.18. The lowest BCUT2D eigenvalue weighted by molar-refractivity contribution is -0.112. The van der Waals surface area contributed by atoms with Crippen molar-refractivity contribution in [1.82, 2.24) is 0 Å². The number of nitrogens with two attached hydrogens (primary N) is 1. The molecule has 6 nitrogen and oxygen atoms in total. The van der Waals surface area contributed by atoms with Crippen molar-refractivity contribution in [3.8, 4) is 5.75 Å². The van der Waals surface area contributed by atoms with Crippen LogP contribution in [0.2, 0.25) is 0 Å². The Morgan fingerprint density at radius 1 is 1.38 bits per heavy atom. The van der Waals surface area contributed by atoms with Gasteiger partial charge in [-0.3, -0.25) is 0 Å². The molecule has 0 aromatic heterocycles. The van der Waals surface area contributed by atoms with Gasteiger partial charge in [-0.15, -0.1) is 0 Å². The van der Waals surface area contributed by atoms with Crippen molar-refractivity contribution in [2.24, 2.45) is 10.9 Å². The zero-order valence-electron chi connectivity index (χ0n) is 11.8. The third-order valence-electron chi connectivity index (χ3n) is 4.08. The van der Waals surface area contributed by atoms with Crippen molar-refractivity contribution in [2.45, 2.75) is 31.0 Å². The van der Waals surface area contributed by atoms with Crippen LogP contribution in [0.15, 0.2) is 29.4 Å². The summed E-state index contributed by atoms with van der Waals surface area (Å²) in [7, 11) is 0. The average Bonchev–Trinajstić information content (AvgIpc) is 2.95. The summed E-state index contributed by atoms with van der Waals surface area (Å²) in [4.78, 5) is 0. The van der Waals surface area contributed by atoms with E-state index < -0.39 is 0 Å². The van der Waals surface area contributed by atoms with E-state index in [1.807, 2.05) is 18.2 Å². The molecule has 2 aliphatic heterocycles. The van der Waals surface area contributed by atoms with Gasteiger partial charge in [-0.25, -0.2) is 0 Å². The summed E-state index contributed by atoms with van der Waals surface area (Å²) in [5.41, 5.74) is 6.09. The predicted octanol–water partition coefficient (Wildman–Crippen LogP) is 1.50. The van der Waals surface area contributed by atoms with E-state index in [4.69, 9.17) is 25.2 Å². The zero-order chi connectivity index (χ0) is 14.7.